The fourth-order valence-corrected chi connectivity index (χ4v) is 1.66. The van der Waals surface area contributed by atoms with Crippen LogP contribution < -0.4 is 0 Å². The van der Waals surface area contributed by atoms with Gasteiger partial charge in [-0.25, -0.2) is 4.98 Å². The second-order valence-electron chi connectivity index (χ2n) is 2.82. The molecule has 0 amide bonds. The van der Waals surface area contributed by atoms with Crippen LogP contribution in [0.5, 0.6) is 0 Å². The lowest BCUT2D eigenvalue weighted by Crippen LogP contribution is -1.94. The number of halogens is 1. The van der Waals surface area contributed by atoms with E-state index in [0.717, 1.165) is 16.0 Å². The van der Waals surface area contributed by atoms with Gasteiger partial charge in [-0.05, 0) is 25.1 Å². The van der Waals surface area contributed by atoms with E-state index in [4.69, 9.17) is 0 Å². The maximum atomic E-state index is 4.17. The molecule has 0 spiro atoms. The third-order valence-electron chi connectivity index (χ3n) is 1.91. The van der Waals surface area contributed by atoms with Crippen molar-refractivity contribution in [1.82, 2.24) is 9.55 Å². The standard InChI is InChI=1S/C10H9BrN2/c1-8-12-5-6-13(8)10-4-2-3-9(11)7-10/h2-7H,1H3. The van der Waals surface area contributed by atoms with Crippen LogP contribution in [0.2, 0.25) is 0 Å². The molecule has 2 nitrogen and oxygen atoms in total. The van der Waals surface area contributed by atoms with Gasteiger partial charge in [-0.3, -0.25) is 0 Å². The molecule has 0 aliphatic carbocycles. The Hall–Kier alpha value is -1.09. The van der Waals surface area contributed by atoms with Crippen LogP contribution in [-0.4, -0.2) is 9.55 Å². The third-order valence-corrected chi connectivity index (χ3v) is 2.41. The van der Waals surface area contributed by atoms with Gasteiger partial charge >= 0.3 is 0 Å². The fourth-order valence-electron chi connectivity index (χ4n) is 1.28. The predicted molar refractivity (Wildman–Crippen MR) is 56.0 cm³/mol. The van der Waals surface area contributed by atoms with Gasteiger partial charge in [0.25, 0.3) is 0 Å². The van der Waals surface area contributed by atoms with Crippen LogP contribution in [0.25, 0.3) is 5.69 Å². The molecule has 0 aliphatic rings. The van der Waals surface area contributed by atoms with Crippen molar-refractivity contribution < 1.29 is 0 Å². The van der Waals surface area contributed by atoms with Crippen LogP contribution in [0.1, 0.15) is 5.82 Å². The molecule has 0 bridgehead atoms. The Bertz CT molecular complexity index is 420. The Balaban J connectivity index is 2.53. The molecule has 0 radical (unpaired) electrons. The Labute approximate surface area is 85.4 Å². The highest BCUT2D eigenvalue weighted by Gasteiger charge is 1.99. The first-order valence-corrected chi connectivity index (χ1v) is 4.82. The Morgan fingerprint density at radius 1 is 1.38 bits per heavy atom. The molecule has 66 valence electrons. The molecule has 0 N–H and O–H groups in total. The molecule has 2 aromatic rings. The largest absolute Gasteiger partial charge is 0.304 e. The quantitative estimate of drug-likeness (QED) is 0.745. The van der Waals surface area contributed by atoms with Crippen molar-refractivity contribution >= 4 is 15.9 Å². The minimum atomic E-state index is 0.998. The van der Waals surface area contributed by atoms with Gasteiger partial charge in [0, 0.05) is 22.6 Å². The van der Waals surface area contributed by atoms with Crippen LogP contribution in [0.15, 0.2) is 41.1 Å². The predicted octanol–water partition coefficient (Wildman–Crippen LogP) is 2.94. The van der Waals surface area contributed by atoms with Crippen molar-refractivity contribution in [2.45, 2.75) is 6.92 Å². The summed E-state index contributed by atoms with van der Waals surface area (Å²) in [7, 11) is 0. The molecule has 0 atom stereocenters. The molecular weight excluding hydrogens is 228 g/mol. The monoisotopic (exact) mass is 236 g/mol. The van der Waals surface area contributed by atoms with E-state index in [-0.39, 0.29) is 0 Å². The van der Waals surface area contributed by atoms with Gasteiger partial charge in [-0.15, -0.1) is 0 Å². The number of aromatic nitrogens is 2. The normalized spacial score (nSPS) is 10.3. The summed E-state index contributed by atoms with van der Waals surface area (Å²) in [5.41, 5.74) is 1.13. The van der Waals surface area contributed by atoms with Gasteiger partial charge in [0.1, 0.15) is 5.82 Å². The number of nitrogens with zero attached hydrogens (tertiary/aromatic N) is 2. The molecular formula is C10H9BrN2. The highest BCUT2D eigenvalue weighted by molar-refractivity contribution is 9.10. The average Bonchev–Trinajstić information content (AvgIpc) is 2.51. The van der Waals surface area contributed by atoms with Crippen molar-refractivity contribution in [3.05, 3.63) is 47.0 Å². The highest BCUT2D eigenvalue weighted by atomic mass is 79.9. The van der Waals surface area contributed by atoms with Crippen LogP contribution in [0.3, 0.4) is 0 Å². The zero-order valence-corrected chi connectivity index (χ0v) is 8.82. The first-order chi connectivity index (χ1) is 6.27. The van der Waals surface area contributed by atoms with Gasteiger partial charge in [0.05, 0.1) is 0 Å². The van der Waals surface area contributed by atoms with Crippen molar-refractivity contribution in [3.8, 4) is 5.69 Å². The number of hydrogen-bond donors (Lipinski definition) is 0. The van der Waals surface area contributed by atoms with E-state index in [9.17, 15) is 0 Å². The Morgan fingerprint density at radius 2 is 2.23 bits per heavy atom. The van der Waals surface area contributed by atoms with E-state index in [1.807, 2.05) is 29.8 Å². The molecule has 1 aromatic carbocycles. The maximum absolute atomic E-state index is 4.17. The molecule has 3 heteroatoms. The first-order valence-electron chi connectivity index (χ1n) is 4.03. The van der Waals surface area contributed by atoms with E-state index in [1.165, 1.54) is 0 Å². The topological polar surface area (TPSA) is 17.8 Å². The van der Waals surface area contributed by atoms with Gasteiger partial charge in [0.2, 0.25) is 0 Å². The van der Waals surface area contributed by atoms with Crippen molar-refractivity contribution in [3.63, 3.8) is 0 Å². The van der Waals surface area contributed by atoms with Crippen LogP contribution in [0.4, 0.5) is 0 Å². The SMILES string of the molecule is Cc1nccn1-c1cccc(Br)c1. The molecule has 2 rings (SSSR count). The molecule has 0 saturated carbocycles. The number of aryl methyl sites for hydroxylation is 1. The molecule has 0 unspecified atom stereocenters. The first kappa shape index (κ1) is 8.51. The molecule has 0 saturated heterocycles. The van der Waals surface area contributed by atoms with E-state index < -0.39 is 0 Å². The second kappa shape index (κ2) is 3.34. The summed E-state index contributed by atoms with van der Waals surface area (Å²) in [6.45, 7) is 1.99. The highest BCUT2D eigenvalue weighted by Crippen LogP contribution is 2.16. The average molecular weight is 237 g/mol. The van der Waals surface area contributed by atoms with Crippen molar-refractivity contribution in [2.75, 3.05) is 0 Å². The minimum absolute atomic E-state index is 0.998. The molecule has 13 heavy (non-hydrogen) atoms. The van der Waals surface area contributed by atoms with Gasteiger partial charge in [0.15, 0.2) is 0 Å². The second-order valence-corrected chi connectivity index (χ2v) is 3.74. The summed E-state index contributed by atoms with van der Waals surface area (Å²) >= 11 is 3.44. The molecule has 1 heterocycles. The summed E-state index contributed by atoms with van der Waals surface area (Å²) < 4.78 is 3.13. The fraction of sp³-hybridized carbons (Fsp3) is 0.100. The zero-order valence-electron chi connectivity index (χ0n) is 7.24. The lowest BCUT2D eigenvalue weighted by molar-refractivity contribution is 0.974. The van der Waals surface area contributed by atoms with E-state index >= 15 is 0 Å². The smallest absolute Gasteiger partial charge is 0.110 e. The molecule has 0 fully saturated rings. The van der Waals surface area contributed by atoms with E-state index in [2.05, 4.69) is 33.0 Å². The Morgan fingerprint density at radius 3 is 2.85 bits per heavy atom. The summed E-state index contributed by atoms with van der Waals surface area (Å²) in [5, 5.41) is 0. The summed E-state index contributed by atoms with van der Waals surface area (Å²) in [6, 6.07) is 8.14. The lowest BCUT2D eigenvalue weighted by Gasteiger charge is -2.04. The third kappa shape index (κ3) is 1.65. The van der Waals surface area contributed by atoms with E-state index in [0.29, 0.717) is 0 Å². The number of rotatable bonds is 1. The van der Waals surface area contributed by atoms with Crippen LogP contribution >= 0.6 is 15.9 Å². The van der Waals surface area contributed by atoms with Gasteiger partial charge < -0.3 is 4.57 Å². The van der Waals surface area contributed by atoms with Gasteiger partial charge in [-0.1, -0.05) is 22.0 Å². The molecule has 0 aliphatic heterocycles. The number of imidazole rings is 1. The van der Waals surface area contributed by atoms with Crippen molar-refractivity contribution in [2.24, 2.45) is 0 Å². The summed E-state index contributed by atoms with van der Waals surface area (Å²) in [4.78, 5) is 4.17. The summed E-state index contributed by atoms with van der Waals surface area (Å²) in [5.74, 6) is 0.998. The molecule has 1 aromatic heterocycles. The van der Waals surface area contributed by atoms with E-state index in [1.54, 1.807) is 6.20 Å². The minimum Gasteiger partial charge on any atom is -0.304 e. The Kier molecular flexibility index (Phi) is 2.19. The maximum Gasteiger partial charge on any atom is 0.110 e. The van der Waals surface area contributed by atoms with Crippen LogP contribution in [-0.2, 0) is 0 Å². The van der Waals surface area contributed by atoms with Crippen LogP contribution in [0, 0.1) is 6.92 Å². The number of benzene rings is 1. The zero-order chi connectivity index (χ0) is 9.26. The van der Waals surface area contributed by atoms with Gasteiger partial charge in [-0.2, -0.15) is 0 Å². The van der Waals surface area contributed by atoms with Crippen molar-refractivity contribution in [1.29, 1.82) is 0 Å². The summed E-state index contributed by atoms with van der Waals surface area (Å²) in [6.07, 6.45) is 3.76. The number of hydrogen-bond acceptors (Lipinski definition) is 1. The lowest BCUT2D eigenvalue weighted by atomic mass is 10.3.